The Balaban J connectivity index is 1.24. The summed E-state index contributed by atoms with van der Waals surface area (Å²) in [4.78, 5) is 14.1. The second-order valence-electron chi connectivity index (χ2n) is 8.33. The van der Waals surface area contributed by atoms with Crippen LogP contribution >= 0.6 is 11.3 Å². The monoisotopic (exact) mass is 426 g/mol. The van der Waals surface area contributed by atoms with Gasteiger partial charge in [-0.05, 0) is 44.7 Å². The van der Waals surface area contributed by atoms with E-state index < -0.39 is 0 Å². The van der Waals surface area contributed by atoms with Crippen molar-refractivity contribution in [3.63, 3.8) is 0 Å². The number of thiazole rings is 1. The Morgan fingerprint density at radius 2 is 1.90 bits per heavy atom. The molecule has 0 spiro atoms. The van der Waals surface area contributed by atoms with Gasteiger partial charge in [0.25, 0.3) is 0 Å². The number of hydrogen-bond acceptors (Lipinski definition) is 5. The molecule has 2 N–H and O–H groups in total. The molecule has 0 bridgehead atoms. The number of aryl methyl sites for hydroxylation is 1. The molecule has 0 amide bonds. The number of nitrogens with zero attached hydrogens (tertiary/aromatic N) is 4. The van der Waals surface area contributed by atoms with Gasteiger partial charge in [0.1, 0.15) is 0 Å². The molecule has 1 unspecified atom stereocenters. The lowest BCUT2D eigenvalue weighted by Crippen LogP contribution is -2.51. The van der Waals surface area contributed by atoms with Crippen molar-refractivity contribution < 1.29 is 0 Å². The zero-order chi connectivity index (χ0) is 20.8. The molecule has 6 nitrogen and oxygen atoms in total. The quantitative estimate of drug-likeness (QED) is 0.548. The molecular weight excluding hydrogens is 392 g/mol. The summed E-state index contributed by atoms with van der Waals surface area (Å²) in [6.45, 7) is 7.42. The second-order valence-corrected chi connectivity index (χ2v) is 9.17. The van der Waals surface area contributed by atoms with E-state index in [4.69, 9.17) is 4.98 Å². The average Bonchev–Trinajstić information content (AvgIpc) is 3.46. The molecule has 0 aliphatic carbocycles. The zero-order valence-corrected chi connectivity index (χ0v) is 19.0. The highest BCUT2D eigenvalue weighted by Gasteiger charge is 2.21. The maximum atomic E-state index is 4.82. The number of aliphatic imine (C=N–C) groups is 1. The summed E-state index contributed by atoms with van der Waals surface area (Å²) in [7, 11) is 1.85. The summed E-state index contributed by atoms with van der Waals surface area (Å²) in [5.41, 5.74) is 3.79. The Morgan fingerprint density at radius 1 is 1.13 bits per heavy atom. The van der Waals surface area contributed by atoms with Crippen LogP contribution in [-0.4, -0.2) is 56.8 Å². The highest BCUT2D eigenvalue weighted by atomic mass is 32.1. The summed E-state index contributed by atoms with van der Waals surface area (Å²) in [5, 5.41) is 10.5. The number of anilines is 2. The number of benzene rings is 1. The molecule has 4 rings (SSSR count). The Kier molecular flexibility index (Phi) is 7.10. The maximum absolute atomic E-state index is 4.82. The van der Waals surface area contributed by atoms with Crippen molar-refractivity contribution in [1.29, 1.82) is 0 Å². The van der Waals surface area contributed by atoms with E-state index >= 15 is 0 Å². The van der Waals surface area contributed by atoms with Crippen molar-refractivity contribution in [3.05, 3.63) is 40.9 Å². The molecule has 1 atom stereocenters. The summed E-state index contributed by atoms with van der Waals surface area (Å²) < 4.78 is 0. The lowest BCUT2D eigenvalue weighted by molar-refractivity contribution is 0.468. The molecule has 162 valence electrons. The van der Waals surface area contributed by atoms with E-state index in [9.17, 15) is 0 Å². The number of rotatable bonds is 6. The van der Waals surface area contributed by atoms with Crippen molar-refractivity contribution in [1.82, 2.24) is 15.6 Å². The lowest BCUT2D eigenvalue weighted by atomic mass is 10.0. The van der Waals surface area contributed by atoms with E-state index in [-0.39, 0.29) is 0 Å². The third-order valence-corrected chi connectivity index (χ3v) is 6.92. The Labute approximate surface area is 184 Å². The van der Waals surface area contributed by atoms with E-state index in [1.807, 2.05) is 7.05 Å². The van der Waals surface area contributed by atoms with Gasteiger partial charge in [0.2, 0.25) is 0 Å². The van der Waals surface area contributed by atoms with Crippen LogP contribution < -0.4 is 20.4 Å². The minimum Gasteiger partial charge on any atom is -0.369 e. The van der Waals surface area contributed by atoms with Gasteiger partial charge in [0.15, 0.2) is 11.1 Å². The van der Waals surface area contributed by atoms with Crippen LogP contribution in [0.4, 0.5) is 10.8 Å². The minimum atomic E-state index is 0.410. The van der Waals surface area contributed by atoms with Crippen molar-refractivity contribution in [2.75, 3.05) is 49.6 Å². The summed E-state index contributed by atoms with van der Waals surface area (Å²) in [6.07, 6.45) is 5.88. The first-order valence-corrected chi connectivity index (χ1v) is 12.1. The Hall–Kier alpha value is -2.28. The van der Waals surface area contributed by atoms with Crippen molar-refractivity contribution in [3.8, 4) is 0 Å². The van der Waals surface area contributed by atoms with Crippen molar-refractivity contribution in [2.45, 2.75) is 45.1 Å². The minimum absolute atomic E-state index is 0.410. The van der Waals surface area contributed by atoms with Gasteiger partial charge in [-0.15, -0.1) is 11.3 Å². The topological polar surface area (TPSA) is 55.8 Å². The number of guanidine groups is 1. The van der Waals surface area contributed by atoms with Crippen LogP contribution in [-0.2, 0) is 6.42 Å². The average molecular weight is 427 g/mol. The summed E-state index contributed by atoms with van der Waals surface area (Å²) >= 11 is 1.77. The molecule has 2 aromatic rings. The number of nitrogens with one attached hydrogen (secondary N) is 2. The SMILES string of the molecule is CN=C(NCCc1csc(N2CCCC2)n1)NC1CCCN(c2ccc(C)cc2)C1. The van der Waals surface area contributed by atoms with E-state index in [0.29, 0.717) is 6.04 Å². The molecule has 0 radical (unpaired) electrons. The zero-order valence-electron chi connectivity index (χ0n) is 18.2. The molecule has 2 fully saturated rings. The van der Waals surface area contributed by atoms with Gasteiger partial charge < -0.3 is 20.4 Å². The molecule has 2 aliphatic heterocycles. The van der Waals surface area contributed by atoms with Gasteiger partial charge in [0, 0.05) is 63.3 Å². The Bertz CT molecular complexity index is 824. The lowest BCUT2D eigenvalue weighted by Gasteiger charge is -2.35. The largest absolute Gasteiger partial charge is 0.369 e. The molecule has 3 heterocycles. The third-order valence-electron chi connectivity index (χ3n) is 5.97. The fourth-order valence-electron chi connectivity index (χ4n) is 4.25. The first-order chi connectivity index (χ1) is 14.7. The van der Waals surface area contributed by atoms with Crippen LogP contribution in [0.2, 0.25) is 0 Å². The van der Waals surface area contributed by atoms with Gasteiger partial charge >= 0.3 is 0 Å². The van der Waals surface area contributed by atoms with Gasteiger partial charge in [-0.1, -0.05) is 17.7 Å². The van der Waals surface area contributed by atoms with Crippen molar-refractivity contribution in [2.24, 2.45) is 4.99 Å². The fraction of sp³-hybridized carbons (Fsp3) is 0.565. The standard InChI is InChI=1S/C23H34N6S/c1-18-7-9-21(10-8-18)29-15-5-6-19(16-29)26-22(24-2)25-12-11-20-17-30-23(27-20)28-13-3-4-14-28/h7-10,17,19H,3-6,11-16H2,1-2H3,(H2,24,25,26). The smallest absolute Gasteiger partial charge is 0.191 e. The van der Waals surface area contributed by atoms with E-state index in [2.05, 4.69) is 62.0 Å². The summed E-state index contributed by atoms with van der Waals surface area (Å²) in [5.74, 6) is 0.890. The van der Waals surface area contributed by atoms with Gasteiger partial charge in [-0.2, -0.15) is 0 Å². The fourth-order valence-corrected chi connectivity index (χ4v) is 5.16. The highest BCUT2D eigenvalue weighted by Crippen LogP contribution is 2.24. The van der Waals surface area contributed by atoms with Crippen LogP contribution in [0.1, 0.15) is 36.9 Å². The molecule has 1 aromatic carbocycles. The molecule has 30 heavy (non-hydrogen) atoms. The summed E-state index contributed by atoms with van der Waals surface area (Å²) in [6, 6.07) is 9.26. The molecule has 1 aromatic heterocycles. The molecule has 7 heteroatoms. The second kappa shape index (κ2) is 10.2. The Morgan fingerprint density at radius 3 is 2.67 bits per heavy atom. The van der Waals surface area contributed by atoms with Crippen LogP contribution in [0.5, 0.6) is 0 Å². The number of aromatic nitrogens is 1. The van der Waals surface area contributed by atoms with Gasteiger partial charge in [-0.25, -0.2) is 4.98 Å². The van der Waals surface area contributed by atoms with Crippen LogP contribution in [0.3, 0.4) is 0 Å². The van der Waals surface area contributed by atoms with Gasteiger partial charge in [-0.3, -0.25) is 4.99 Å². The van der Waals surface area contributed by atoms with Crippen LogP contribution in [0.15, 0.2) is 34.6 Å². The molecule has 2 saturated heterocycles. The number of piperidine rings is 1. The highest BCUT2D eigenvalue weighted by molar-refractivity contribution is 7.13. The predicted octanol–water partition coefficient (Wildman–Crippen LogP) is 3.43. The first-order valence-electron chi connectivity index (χ1n) is 11.2. The van der Waals surface area contributed by atoms with Crippen molar-refractivity contribution >= 4 is 28.1 Å². The van der Waals surface area contributed by atoms with Gasteiger partial charge in [0.05, 0.1) is 5.69 Å². The van der Waals surface area contributed by atoms with E-state index in [0.717, 1.165) is 45.1 Å². The van der Waals surface area contributed by atoms with E-state index in [1.165, 1.54) is 47.8 Å². The predicted molar refractivity (Wildman–Crippen MR) is 128 cm³/mol. The van der Waals surface area contributed by atoms with Crippen LogP contribution in [0, 0.1) is 6.92 Å². The third kappa shape index (κ3) is 5.45. The molecular formula is C23H34N6S. The molecule has 2 aliphatic rings. The maximum Gasteiger partial charge on any atom is 0.191 e. The van der Waals surface area contributed by atoms with Crippen LogP contribution in [0.25, 0.3) is 0 Å². The van der Waals surface area contributed by atoms with E-state index in [1.54, 1.807) is 11.3 Å². The first kappa shape index (κ1) is 21.0. The normalized spacial score (nSPS) is 19.9. The number of hydrogen-bond donors (Lipinski definition) is 2. The molecule has 0 saturated carbocycles.